The Balaban J connectivity index is 1.57. The molecule has 2 aliphatic rings. The van der Waals surface area contributed by atoms with Gasteiger partial charge in [0.2, 0.25) is 0 Å². The fourth-order valence-electron chi connectivity index (χ4n) is 3.89. The molecule has 2 aromatic rings. The van der Waals surface area contributed by atoms with Crippen LogP contribution < -0.4 is 4.72 Å². The first-order valence-corrected chi connectivity index (χ1v) is 9.62. The lowest BCUT2D eigenvalue weighted by Crippen LogP contribution is -2.38. The third-order valence-electron chi connectivity index (χ3n) is 4.93. The maximum Gasteiger partial charge on any atom is 0.135 e. The van der Waals surface area contributed by atoms with Crippen LogP contribution in [0.2, 0.25) is 0 Å². The van der Waals surface area contributed by atoms with Crippen LogP contribution in [0, 0.1) is 11.8 Å². The van der Waals surface area contributed by atoms with Gasteiger partial charge in [0.05, 0.1) is 0 Å². The molecule has 3 unspecified atom stereocenters. The first-order chi connectivity index (χ1) is 10.3. The molecule has 0 amide bonds. The monoisotopic (exact) mass is 317 g/mol. The van der Waals surface area contributed by atoms with Crippen molar-refractivity contribution < 1.29 is 4.21 Å². The Labute approximate surface area is 132 Å². The van der Waals surface area contributed by atoms with Crippen LogP contribution in [0.15, 0.2) is 46.0 Å². The van der Waals surface area contributed by atoms with Crippen LogP contribution in [0.4, 0.5) is 0 Å². The van der Waals surface area contributed by atoms with Crippen molar-refractivity contribution in [2.75, 3.05) is 0 Å². The third-order valence-corrected chi connectivity index (χ3v) is 7.32. The zero-order valence-corrected chi connectivity index (χ0v) is 13.5. The summed E-state index contributed by atoms with van der Waals surface area (Å²) in [5.74, 6) is 1.25. The second kappa shape index (κ2) is 5.67. The smallest absolute Gasteiger partial charge is 0.135 e. The molecule has 21 heavy (non-hydrogen) atoms. The normalized spacial score (nSPS) is 28.9. The second-order valence-corrected chi connectivity index (χ2v) is 8.54. The molecule has 2 nitrogen and oxygen atoms in total. The Morgan fingerprint density at radius 2 is 1.67 bits per heavy atom. The highest BCUT2D eigenvalue weighted by Crippen LogP contribution is 2.40. The lowest BCUT2D eigenvalue weighted by atomic mass is 9.94. The Bertz CT molecular complexity index is 620. The quantitative estimate of drug-likeness (QED) is 0.921. The Morgan fingerprint density at radius 3 is 2.24 bits per heavy atom. The van der Waals surface area contributed by atoms with Crippen molar-refractivity contribution in [3.63, 3.8) is 0 Å². The van der Waals surface area contributed by atoms with Gasteiger partial charge >= 0.3 is 0 Å². The topological polar surface area (TPSA) is 29.1 Å². The fourth-order valence-corrected chi connectivity index (χ4v) is 5.95. The first kappa shape index (κ1) is 13.7. The van der Waals surface area contributed by atoms with E-state index in [9.17, 15) is 4.21 Å². The third kappa shape index (κ3) is 2.60. The minimum absolute atomic E-state index is 0.389. The average Bonchev–Trinajstić information content (AvgIpc) is 3.08. The molecule has 1 aromatic carbocycles. The summed E-state index contributed by atoms with van der Waals surface area (Å²) < 4.78 is 16.9. The summed E-state index contributed by atoms with van der Waals surface area (Å²) >= 11 is 1.57. The van der Waals surface area contributed by atoms with Crippen LogP contribution in [0.1, 0.15) is 24.0 Å². The van der Waals surface area contributed by atoms with Gasteiger partial charge < -0.3 is 0 Å². The summed E-state index contributed by atoms with van der Waals surface area (Å²) in [6.07, 6.45) is 4.79. The van der Waals surface area contributed by atoms with Crippen molar-refractivity contribution in [1.82, 2.24) is 4.72 Å². The van der Waals surface area contributed by atoms with E-state index in [0.717, 1.165) is 17.1 Å². The summed E-state index contributed by atoms with van der Waals surface area (Å²) in [4.78, 5) is 0. The molecule has 1 saturated carbocycles. The zero-order chi connectivity index (χ0) is 14.2. The van der Waals surface area contributed by atoms with E-state index in [-0.39, 0.29) is 0 Å². The molecule has 0 aliphatic heterocycles. The van der Waals surface area contributed by atoms with Gasteiger partial charge in [-0.25, -0.2) is 8.93 Å². The summed E-state index contributed by atoms with van der Waals surface area (Å²) in [6.45, 7) is 0. The molecule has 2 aliphatic carbocycles. The largest absolute Gasteiger partial charge is 0.237 e. The Hall–Kier alpha value is -0.970. The molecule has 0 radical (unpaired) electrons. The van der Waals surface area contributed by atoms with E-state index in [1.165, 1.54) is 24.0 Å². The highest BCUT2D eigenvalue weighted by molar-refractivity contribution is 7.85. The minimum Gasteiger partial charge on any atom is -0.237 e. The van der Waals surface area contributed by atoms with Crippen molar-refractivity contribution in [2.24, 2.45) is 11.8 Å². The summed E-state index contributed by atoms with van der Waals surface area (Å²) in [6, 6.07) is 13.1. The van der Waals surface area contributed by atoms with Crippen molar-refractivity contribution in [3.05, 3.63) is 52.9 Å². The van der Waals surface area contributed by atoms with Gasteiger partial charge in [0, 0.05) is 6.04 Å². The maximum atomic E-state index is 12.5. The minimum atomic E-state index is -1.06. The van der Waals surface area contributed by atoms with E-state index in [1.807, 2.05) is 17.5 Å². The van der Waals surface area contributed by atoms with Gasteiger partial charge in [-0.3, -0.25) is 0 Å². The molecular formula is C17H19NOS2. The van der Waals surface area contributed by atoms with Gasteiger partial charge in [-0.2, -0.15) is 0 Å². The lowest BCUT2D eigenvalue weighted by molar-refractivity contribution is 0.394. The molecule has 4 rings (SSSR count). The number of hydrogen-bond acceptors (Lipinski definition) is 2. The van der Waals surface area contributed by atoms with Crippen LogP contribution in [-0.4, -0.2) is 10.3 Å². The fraction of sp³-hybridized carbons (Fsp3) is 0.412. The number of rotatable bonds is 3. The van der Waals surface area contributed by atoms with Crippen LogP contribution in [0.3, 0.4) is 0 Å². The van der Waals surface area contributed by atoms with Crippen molar-refractivity contribution >= 4 is 22.3 Å². The second-order valence-electron chi connectivity index (χ2n) is 6.12. The highest BCUT2D eigenvalue weighted by Gasteiger charge is 2.39. The number of nitrogens with one attached hydrogen (secondary N) is 1. The average molecular weight is 317 g/mol. The molecule has 0 spiro atoms. The summed E-state index contributed by atoms with van der Waals surface area (Å²) in [5, 5.41) is 1.99. The van der Waals surface area contributed by atoms with E-state index in [1.54, 1.807) is 11.3 Å². The van der Waals surface area contributed by atoms with Crippen LogP contribution in [0.5, 0.6) is 0 Å². The first-order valence-electron chi connectivity index (χ1n) is 7.59. The number of fused-ring (bicyclic) bond motifs is 3. The van der Waals surface area contributed by atoms with E-state index in [0.29, 0.717) is 17.9 Å². The molecule has 2 bridgehead atoms. The molecule has 1 fully saturated rings. The van der Waals surface area contributed by atoms with Crippen LogP contribution in [-0.2, 0) is 23.8 Å². The Kier molecular flexibility index (Phi) is 3.69. The molecule has 1 heterocycles. The number of thiophene rings is 1. The predicted molar refractivity (Wildman–Crippen MR) is 87.7 cm³/mol. The summed E-state index contributed by atoms with van der Waals surface area (Å²) in [5.41, 5.74) is 3.00. The predicted octanol–water partition coefficient (Wildman–Crippen LogP) is 3.55. The highest BCUT2D eigenvalue weighted by atomic mass is 32.2. The van der Waals surface area contributed by atoms with Crippen molar-refractivity contribution in [1.29, 1.82) is 0 Å². The Morgan fingerprint density at radius 1 is 1.00 bits per heavy atom. The van der Waals surface area contributed by atoms with Crippen LogP contribution >= 0.6 is 11.3 Å². The number of hydrogen-bond donors (Lipinski definition) is 1. The van der Waals surface area contributed by atoms with E-state index < -0.39 is 11.0 Å². The van der Waals surface area contributed by atoms with Crippen molar-refractivity contribution in [2.45, 2.75) is 35.9 Å². The standard InChI is InChI=1S/C17H19NOS2/c19-21(16-6-3-9-20-16)18-17-14-7-8-15(17)11-13-5-2-1-4-12(13)10-14/h1-6,9,14-15,17-18H,7-8,10-11H2/t14-,15?,17?,21?/m0/s1. The van der Waals surface area contributed by atoms with Gasteiger partial charge in [-0.1, -0.05) is 30.3 Å². The van der Waals surface area contributed by atoms with Gasteiger partial charge in [0.15, 0.2) is 0 Å². The molecule has 1 aromatic heterocycles. The SMILES string of the molecule is O=S(NC1C2CC[C@H]1Cc1ccccc1C2)c1cccs1. The molecular weight excluding hydrogens is 298 g/mol. The summed E-state index contributed by atoms with van der Waals surface area (Å²) in [7, 11) is -1.06. The molecule has 1 N–H and O–H groups in total. The van der Waals surface area contributed by atoms with E-state index in [2.05, 4.69) is 29.0 Å². The molecule has 4 atom stereocenters. The van der Waals surface area contributed by atoms with Gasteiger partial charge in [0.25, 0.3) is 0 Å². The van der Waals surface area contributed by atoms with Gasteiger partial charge in [0.1, 0.15) is 15.2 Å². The van der Waals surface area contributed by atoms with Gasteiger partial charge in [-0.05, 0) is 60.1 Å². The van der Waals surface area contributed by atoms with Gasteiger partial charge in [-0.15, -0.1) is 11.3 Å². The van der Waals surface area contributed by atoms with E-state index >= 15 is 0 Å². The number of benzene rings is 1. The maximum absolute atomic E-state index is 12.5. The molecule has 0 saturated heterocycles. The zero-order valence-electron chi connectivity index (χ0n) is 11.8. The van der Waals surface area contributed by atoms with Crippen molar-refractivity contribution in [3.8, 4) is 0 Å². The van der Waals surface area contributed by atoms with Crippen LogP contribution in [0.25, 0.3) is 0 Å². The molecule has 4 heteroatoms. The van der Waals surface area contributed by atoms with E-state index in [4.69, 9.17) is 0 Å². The lowest BCUT2D eigenvalue weighted by Gasteiger charge is -2.22. The molecule has 110 valence electrons.